The van der Waals surface area contributed by atoms with Crippen molar-refractivity contribution in [3.05, 3.63) is 16.7 Å². The summed E-state index contributed by atoms with van der Waals surface area (Å²) in [6.45, 7) is -0.794. The van der Waals surface area contributed by atoms with Gasteiger partial charge in [0.15, 0.2) is 23.6 Å². The number of nitrogen functional groups attached to an aromatic ring is 1. The van der Waals surface area contributed by atoms with Crippen LogP contribution < -0.4 is 16.2 Å². The van der Waals surface area contributed by atoms with Crippen LogP contribution in [-0.4, -0.2) is 54.5 Å². The molecule has 5 N–H and O–H groups in total. The minimum absolute atomic E-state index is 0.0747. The molecule has 3 rings (SSSR count). The number of H-pyrrole nitrogens is 1. The lowest BCUT2D eigenvalue weighted by molar-refractivity contribution is -0.222. The average molecular weight is 364 g/mol. The predicted octanol–water partition coefficient (Wildman–Crippen LogP) is -2.22. The largest absolute Gasteiger partial charge is 0.756 e. The van der Waals surface area contributed by atoms with E-state index in [9.17, 15) is 23.7 Å². The maximum absolute atomic E-state index is 14.3. The van der Waals surface area contributed by atoms with Crippen LogP contribution in [0.1, 0.15) is 6.23 Å². The molecule has 1 aliphatic heterocycles. The molecule has 0 aromatic carbocycles. The van der Waals surface area contributed by atoms with Crippen LogP contribution in [-0.2, 0) is 13.8 Å². The van der Waals surface area contributed by atoms with Crippen LogP contribution in [0.4, 0.5) is 10.3 Å². The molecule has 0 amide bonds. The van der Waals surface area contributed by atoms with Crippen molar-refractivity contribution in [2.75, 3.05) is 12.3 Å². The second-order valence-electron chi connectivity index (χ2n) is 5.04. The van der Waals surface area contributed by atoms with Gasteiger partial charge in [0.25, 0.3) is 13.4 Å². The van der Waals surface area contributed by atoms with Crippen molar-refractivity contribution in [2.45, 2.75) is 24.6 Å². The Balaban J connectivity index is 1.90. The van der Waals surface area contributed by atoms with Gasteiger partial charge in [-0.1, -0.05) is 0 Å². The molecule has 2 aromatic rings. The van der Waals surface area contributed by atoms with E-state index in [0.29, 0.717) is 0 Å². The van der Waals surface area contributed by atoms with Gasteiger partial charge in [0.1, 0.15) is 12.2 Å². The Bertz CT molecular complexity index is 865. The maximum atomic E-state index is 14.3. The number of alkyl halides is 1. The van der Waals surface area contributed by atoms with E-state index in [1.54, 1.807) is 0 Å². The zero-order valence-corrected chi connectivity index (χ0v) is 12.7. The molecule has 132 valence electrons. The molecule has 0 bridgehead atoms. The highest BCUT2D eigenvalue weighted by Crippen LogP contribution is 2.36. The van der Waals surface area contributed by atoms with Gasteiger partial charge in [0.05, 0.1) is 12.9 Å². The highest BCUT2D eigenvalue weighted by molar-refractivity contribution is 7.44. The van der Waals surface area contributed by atoms with Gasteiger partial charge in [0.2, 0.25) is 5.95 Å². The number of aromatic amines is 1. The van der Waals surface area contributed by atoms with E-state index in [1.807, 2.05) is 0 Å². The lowest BCUT2D eigenvalue weighted by atomic mass is 10.1. The number of imidazole rings is 1. The minimum Gasteiger partial charge on any atom is -0.756 e. The second-order valence-corrected chi connectivity index (χ2v) is 6.23. The van der Waals surface area contributed by atoms with Gasteiger partial charge >= 0.3 is 0 Å². The van der Waals surface area contributed by atoms with Gasteiger partial charge in [-0.3, -0.25) is 18.9 Å². The number of halogens is 1. The van der Waals surface area contributed by atoms with Crippen molar-refractivity contribution in [3.63, 3.8) is 0 Å². The number of aliphatic hydroxyl groups is 1. The molecule has 0 aliphatic carbocycles. The number of nitrogens with two attached hydrogens (primary N) is 1. The highest BCUT2D eigenvalue weighted by Gasteiger charge is 2.46. The molecule has 12 nitrogen and oxygen atoms in total. The number of rotatable bonds is 4. The Labute approximate surface area is 132 Å². The fourth-order valence-electron chi connectivity index (χ4n) is 2.36. The van der Waals surface area contributed by atoms with Crippen LogP contribution in [0.15, 0.2) is 11.1 Å². The van der Waals surface area contributed by atoms with E-state index < -0.39 is 44.6 Å². The lowest BCUT2D eigenvalue weighted by Gasteiger charge is -2.20. The van der Waals surface area contributed by atoms with Gasteiger partial charge in [0, 0.05) is 0 Å². The van der Waals surface area contributed by atoms with E-state index in [1.165, 1.54) is 0 Å². The van der Waals surface area contributed by atoms with Gasteiger partial charge in [-0.25, -0.2) is 9.37 Å². The fourth-order valence-corrected chi connectivity index (χ4v) is 2.70. The molecule has 14 heteroatoms. The molecule has 2 aromatic heterocycles. The van der Waals surface area contributed by atoms with Crippen molar-refractivity contribution >= 4 is 24.9 Å². The zero-order valence-electron chi connectivity index (χ0n) is 11.8. The molecule has 0 saturated carbocycles. The summed E-state index contributed by atoms with van der Waals surface area (Å²) in [5, 5.41) is 9.80. The number of phosphoric ester groups is 1. The number of anilines is 1. The number of fused-ring (bicyclic) bond motifs is 1. The SMILES string of the molecule is Nc1nc2c(ncn2[C@@H]2O[C@H](COP(=O)([O-])O)[C@H](O)C2F)c(=O)[nH]1. The number of hydrogen-bond donors (Lipinski definition) is 4. The number of phosphoric acid groups is 1. The Morgan fingerprint density at radius 1 is 1.62 bits per heavy atom. The first-order chi connectivity index (χ1) is 11.2. The summed E-state index contributed by atoms with van der Waals surface area (Å²) in [4.78, 5) is 40.7. The summed E-state index contributed by atoms with van der Waals surface area (Å²) in [7, 11) is -5.05. The Kier molecular flexibility index (Phi) is 4.15. The Hall–Kier alpha value is -1.89. The van der Waals surface area contributed by atoms with Crippen LogP contribution in [0.5, 0.6) is 0 Å². The molecule has 1 aliphatic rings. The third kappa shape index (κ3) is 3.05. The number of aromatic nitrogens is 4. The summed E-state index contributed by atoms with van der Waals surface area (Å²) < 4.78 is 35.3. The van der Waals surface area contributed by atoms with Gasteiger partial charge in [-0.05, 0) is 0 Å². The van der Waals surface area contributed by atoms with Crippen molar-refractivity contribution in [3.8, 4) is 0 Å². The number of hydrogen-bond acceptors (Lipinski definition) is 9. The standard InChI is InChI=1S/C10H13FN5O7P/c11-4-6(17)3(1-22-24(19,20)21)23-9(4)16-2-13-5-7(16)14-10(12)15-8(5)18/h2-4,6,9,17H,1H2,(H2,19,20,21)(H3,12,14,15,18)/p-1/t3-,4?,6+,9-/m1/s1. The van der Waals surface area contributed by atoms with Crippen molar-refractivity contribution in [1.82, 2.24) is 19.5 Å². The first-order valence-electron chi connectivity index (χ1n) is 6.55. The molecular formula is C10H12FN5O7P-. The molecule has 1 saturated heterocycles. The zero-order chi connectivity index (χ0) is 17.6. The molecule has 24 heavy (non-hydrogen) atoms. The second kappa shape index (κ2) is 5.88. The van der Waals surface area contributed by atoms with Gasteiger partial charge in [-0.15, -0.1) is 0 Å². The summed E-state index contributed by atoms with van der Waals surface area (Å²) in [5.74, 6) is -0.226. The molecule has 0 spiro atoms. The fraction of sp³-hybridized carbons (Fsp3) is 0.500. The third-order valence-corrected chi connectivity index (χ3v) is 3.90. The highest BCUT2D eigenvalue weighted by atomic mass is 31.2. The van der Waals surface area contributed by atoms with E-state index in [0.717, 1.165) is 10.9 Å². The molecule has 1 fully saturated rings. The van der Waals surface area contributed by atoms with Crippen LogP contribution in [0.25, 0.3) is 11.2 Å². The predicted molar refractivity (Wildman–Crippen MR) is 73.2 cm³/mol. The topological polar surface area (TPSA) is 189 Å². The van der Waals surface area contributed by atoms with Crippen molar-refractivity contribution in [1.29, 1.82) is 0 Å². The number of ether oxygens (including phenoxy) is 1. The van der Waals surface area contributed by atoms with Gasteiger partial charge < -0.3 is 29.9 Å². The third-order valence-electron chi connectivity index (χ3n) is 3.42. The first-order valence-corrected chi connectivity index (χ1v) is 8.05. The number of aliphatic hydroxyl groups excluding tert-OH is 1. The quantitative estimate of drug-likeness (QED) is 0.432. The van der Waals surface area contributed by atoms with E-state index >= 15 is 0 Å². The van der Waals surface area contributed by atoms with Crippen LogP contribution in [0.3, 0.4) is 0 Å². The van der Waals surface area contributed by atoms with Crippen LogP contribution >= 0.6 is 7.82 Å². The number of nitrogens with one attached hydrogen (secondary N) is 1. The average Bonchev–Trinajstić information content (AvgIpc) is 3.00. The van der Waals surface area contributed by atoms with Crippen LogP contribution in [0.2, 0.25) is 0 Å². The summed E-state index contributed by atoms with van der Waals surface area (Å²) in [5.41, 5.74) is 4.60. The summed E-state index contributed by atoms with van der Waals surface area (Å²) >= 11 is 0. The Morgan fingerprint density at radius 3 is 3.00 bits per heavy atom. The van der Waals surface area contributed by atoms with E-state index in [-0.39, 0.29) is 17.1 Å². The van der Waals surface area contributed by atoms with Gasteiger partial charge in [-0.2, -0.15) is 4.98 Å². The molecule has 5 atom stereocenters. The maximum Gasteiger partial charge on any atom is 0.280 e. The number of nitrogens with zero attached hydrogens (tertiary/aromatic N) is 3. The normalized spacial score (nSPS) is 29.8. The summed E-state index contributed by atoms with van der Waals surface area (Å²) in [6.07, 6.45) is -5.49. The Morgan fingerprint density at radius 2 is 2.33 bits per heavy atom. The van der Waals surface area contributed by atoms with Crippen LogP contribution in [0, 0.1) is 0 Å². The molecular weight excluding hydrogens is 352 g/mol. The monoisotopic (exact) mass is 364 g/mol. The molecule has 2 unspecified atom stereocenters. The molecule has 3 heterocycles. The van der Waals surface area contributed by atoms with Crippen molar-refractivity contribution in [2.24, 2.45) is 0 Å². The van der Waals surface area contributed by atoms with E-state index in [4.69, 9.17) is 15.4 Å². The first kappa shape index (κ1) is 17.0. The lowest BCUT2D eigenvalue weighted by Crippen LogP contribution is -2.31. The smallest absolute Gasteiger partial charge is 0.280 e. The minimum atomic E-state index is -5.05. The van der Waals surface area contributed by atoms with E-state index in [2.05, 4.69) is 19.5 Å². The van der Waals surface area contributed by atoms with Crippen molar-refractivity contribution < 1.29 is 33.1 Å². The molecule has 0 radical (unpaired) electrons. The summed E-state index contributed by atoms with van der Waals surface area (Å²) in [6, 6.07) is 0.